The summed E-state index contributed by atoms with van der Waals surface area (Å²) in [6.45, 7) is 0.572. The number of halogens is 1. The molecule has 0 saturated carbocycles. The molecule has 0 aliphatic heterocycles. The topological polar surface area (TPSA) is 60.2 Å². The minimum absolute atomic E-state index is 0.0152. The highest BCUT2D eigenvalue weighted by Crippen LogP contribution is 2.33. The summed E-state index contributed by atoms with van der Waals surface area (Å²) in [5.74, 6) is -0.253. The Morgan fingerprint density at radius 2 is 1.91 bits per heavy atom. The van der Waals surface area contributed by atoms with Crippen LogP contribution in [0.4, 0.5) is 4.39 Å². The molecule has 1 aliphatic carbocycles. The zero-order valence-corrected chi connectivity index (χ0v) is 12.9. The third-order valence-electron chi connectivity index (χ3n) is 4.25. The fraction of sp³-hybridized carbons (Fsp3) is 0.294. The van der Waals surface area contributed by atoms with Crippen LogP contribution < -0.4 is 5.73 Å². The van der Waals surface area contributed by atoms with Crippen molar-refractivity contribution in [3.8, 4) is 0 Å². The van der Waals surface area contributed by atoms with Crippen LogP contribution in [-0.4, -0.2) is 15.0 Å². The largest absolute Gasteiger partial charge is 0.330 e. The number of hydrogen-bond donors (Lipinski definition) is 1. The Hall–Kier alpha value is -1.72. The van der Waals surface area contributed by atoms with E-state index in [2.05, 4.69) is 0 Å². The maximum absolute atomic E-state index is 13.3. The van der Waals surface area contributed by atoms with Gasteiger partial charge in [0.05, 0.1) is 9.79 Å². The first kappa shape index (κ1) is 15.2. The summed E-state index contributed by atoms with van der Waals surface area (Å²) in [4.78, 5) is 0.202. The Bertz CT molecular complexity index is 802. The van der Waals surface area contributed by atoms with Crippen molar-refractivity contribution in [2.75, 3.05) is 6.54 Å². The first-order chi connectivity index (χ1) is 10.5. The van der Waals surface area contributed by atoms with Crippen LogP contribution in [0.15, 0.2) is 52.3 Å². The van der Waals surface area contributed by atoms with Crippen molar-refractivity contribution in [3.05, 3.63) is 59.4 Å². The smallest absolute Gasteiger partial charge is 0.206 e. The zero-order valence-electron chi connectivity index (χ0n) is 12.1. The molecule has 0 saturated heterocycles. The van der Waals surface area contributed by atoms with Crippen LogP contribution in [0.1, 0.15) is 29.9 Å². The lowest BCUT2D eigenvalue weighted by atomic mass is 9.83. The molecule has 0 amide bonds. The van der Waals surface area contributed by atoms with E-state index in [1.165, 1.54) is 18.2 Å². The maximum Gasteiger partial charge on any atom is 0.206 e. The lowest BCUT2D eigenvalue weighted by Crippen LogP contribution is -2.18. The first-order valence-electron chi connectivity index (χ1n) is 7.36. The van der Waals surface area contributed by atoms with Crippen LogP contribution >= 0.6 is 0 Å². The van der Waals surface area contributed by atoms with Gasteiger partial charge in [0.1, 0.15) is 5.82 Å². The van der Waals surface area contributed by atoms with Crippen molar-refractivity contribution >= 4 is 9.84 Å². The van der Waals surface area contributed by atoms with Crippen molar-refractivity contribution in [2.45, 2.75) is 35.0 Å². The Morgan fingerprint density at radius 1 is 1.14 bits per heavy atom. The van der Waals surface area contributed by atoms with Crippen molar-refractivity contribution in [1.29, 1.82) is 0 Å². The van der Waals surface area contributed by atoms with Gasteiger partial charge in [-0.2, -0.15) is 0 Å². The Morgan fingerprint density at radius 3 is 2.64 bits per heavy atom. The standard InChI is InChI=1S/C17H18FNO2S/c18-14-5-2-6-15(10-14)22(20,21)16-7-8-17-12(9-16)3-1-4-13(17)11-19/h2,5-10,13H,1,3-4,11,19H2/t13-/m0/s1. The third kappa shape index (κ3) is 2.66. The molecule has 0 spiro atoms. The summed E-state index contributed by atoms with van der Waals surface area (Å²) in [5, 5.41) is 0. The van der Waals surface area contributed by atoms with Gasteiger partial charge in [0, 0.05) is 0 Å². The number of hydrogen-bond acceptors (Lipinski definition) is 3. The average molecular weight is 319 g/mol. The third-order valence-corrected chi connectivity index (χ3v) is 6.00. The number of nitrogens with two attached hydrogens (primary N) is 1. The van der Waals surface area contributed by atoms with Crippen LogP contribution in [0.2, 0.25) is 0 Å². The van der Waals surface area contributed by atoms with Gasteiger partial charge >= 0.3 is 0 Å². The van der Waals surface area contributed by atoms with Crippen LogP contribution in [0.3, 0.4) is 0 Å². The summed E-state index contributed by atoms with van der Waals surface area (Å²) in [6.07, 6.45) is 2.91. The van der Waals surface area contributed by atoms with E-state index in [4.69, 9.17) is 5.73 Å². The van der Waals surface area contributed by atoms with E-state index in [-0.39, 0.29) is 9.79 Å². The highest BCUT2D eigenvalue weighted by molar-refractivity contribution is 7.91. The average Bonchev–Trinajstić information content (AvgIpc) is 2.53. The fourth-order valence-corrected chi connectivity index (χ4v) is 4.42. The number of rotatable bonds is 3. The number of benzene rings is 2. The molecule has 2 aromatic rings. The van der Waals surface area contributed by atoms with E-state index in [0.717, 1.165) is 36.5 Å². The number of sulfone groups is 1. The molecule has 5 heteroatoms. The molecule has 2 aromatic carbocycles. The van der Waals surface area contributed by atoms with E-state index >= 15 is 0 Å². The highest BCUT2D eigenvalue weighted by Gasteiger charge is 2.23. The minimum atomic E-state index is -3.69. The van der Waals surface area contributed by atoms with Gasteiger partial charge < -0.3 is 5.73 Å². The zero-order chi connectivity index (χ0) is 15.7. The van der Waals surface area contributed by atoms with Crippen molar-refractivity contribution in [3.63, 3.8) is 0 Å². The van der Waals surface area contributed by atoms with E-state index in [1.807, 2.05) is 6.07 Å². The molecule has 1 atom stereocenters. The van der Waals surface area contributed by atoms with Gasteiger partial charge in [-0.25, -0.2) is 12.8 Å². The second-order valence-corrected chi connectivity index (χ2v) is 7.60. The molecular weight excluding hydrogens is 301 g/mol. The molecular formula is C17H18FNO2S. The van der Waals surface area contributed by atoms with Gasteiger partial charge in [0.2, 0.25) is 9.84 Å². The Balaban J connectivity index is 2.06. The van der Waals surface area contributed by atoms with Gasteiger partial charge in [0.25, 0.3) is 0 Å². The van der Waals surface area contributed by atoms with Gasteiger partial charge in [-0.1, -0.05) is 12.1 Å². The second-order valence-electron chi connectivity index (χ2n) is 5.65. The van der Waals surface area contributed by atoms with Crippen LogP contribution in [0.5, 0.6) is 0 Å². The lowest BCUT2D eigenvalue weighted by Gasteiger charge is -2.24. The predicted octanol–water partition coefficient (Wildman–Crippen LogP) is 3.04. The van der Waals surface area contributed by atoms with Gasteiger partial charge in [0.15, 0.2) is 0 Å². The fourth-order valence-electron chi connectivity index (χ4n) is 3.07. The molecule has 0 aromatic heterocycles. The molecule has 3 nitrogen and oxygen atoms in total. The van der Waals surface area contributed by atoms with E-state index in [9.17, 15) is 12.8 Å². The molecule has 0 bridgehead atoms. The molecule has 116 valence electrons. The van der Waals surface area contributed by atoms with E-state index in [0.29, 0.717) is 12.5 Å². The highest BCUT2D eigenvalue weighted by atomic mass is 32.2. The van der Waals surface area contributed by atoms with E-state index < -0.39 is 15.7 Å². The molecule has 0 fully saturated rings. The SMILES string of the molecule is NC[C@@H]1CCCc2cc(S(=O)(=O)c3cccc(F)c3)ccc21. The van der Waals surface area contributed by atoms with Crippen LogP contribution in [-0.2, 0) is 16.3 Å². The van der Waals surface area contributed by atoms with Crippen LogP contribution in [0, 0.1) is 5.82 Å². The Labute approximate surface area is 129 Å². The molecule has 3 rings (SSSR count). The number of fused-ring (bicyclic) bond motifs is 1. The summed E-state index contributed by atoms with van der Waals surface area (Å²) < 4.78 is 38.6. The molecule has 2 N–H and O–H groups in total. The number of aryl methyl sites for hydroxylation is 1. The molecule has 1 aliphatic rings. The summed E-state index contributed by atoms with van der Waals surface area (Å²) in [7, 11) is -3.69. The summed E-state index contributed by atoms with van der Waals surface area (Å²) >= 11 is 0. The maximum atomic E-state index is 13.3. The minimum Gasteiger partial charge on any atom is -0.330 e. The molecule has 0 heterocycles. The lowest BCUT2D eigenvalue weighted by molar-refractivity contribution is 0.558. The van der Waals surface area contributed by atoms with Crippen molar-refractivity contribution < 1.29 is 12.8 Å². The first-order valence-corrected chi connectivity index (χ1v) is 8.84. The summed E-state index contributed by atoms with van der Waals surface area (Å²) in [5.41, 5.74) is 7.98. The quantitative estimate of drug-likeness (QED) is 0.946. The van der Waals surface area contributed by atoms with Crippen LogP contribution in [0.25, 0.3) is 0 Å². The van der Waals surface area contributed by atoms with Crippen molar-refractivity contribution in [2.24, 2.45) is 5.73 Å². The van der Waals surface area contributed by atoms with Crippen molar-refractivity contribution in [1.82, 2.24) is 0 Å². The second kappa shape index (κ2) is 5.82. The van der Waals surface area contributed by atoms with Gasteiger partial charge in [-0.05, 0) is 73.2 Å². The molecule has 0 unspecified atom stereocenters. The van der Waals surface area contributed by atoms with Gasteiger partial charge in [-0.3, -0.25) is 0 Å². The van der Waals surface area contributed by atoms with E-state index in [1.54, 1.807) is 12.1 Å². The summed E-state index contributed by atoms with van der Waals surface area (Å²) in [6, 6.07) is 10.3. The molecule has 22 heavy (non-hydrogen) atoms. The van der Waals surface area contributed by atoms with Gasteiger partial charge in [-0.15, -0.1) is 0 Å². The predicted molar refractivity (Wildman–Crippen MR) is 83.0 cm³/mol. The monoisotopic (exact) mass is 319 g/mol. The Kier molecular flexibility index (Phi) is 4.02. The molecule has 0 radical (unpaired) electrons. The normalized spacial score (nSPS) is 18.0.